The van der Waals surface area contributed by atoms with Crippen LogP contribution >= 0.6 is 0 Å². The number of benzene rings is 2. The molecule has 88 heavy (non-hydrogen) atoms. The largest absolute Gasteiger partial charge is 0.481 e. The molecule has 1 unspecified atom stereocenters. The highest BCUT2D eigenvalue weighted by atomic mass is 16.4. The Kier molecular flexibility index (Phi) is 28.6. The van der Waals surface area contributed by atoms with Gasteiger partial charge in [-0.15, -0.1) is 0 Å². The van der Waals surface area contributed by atoms with Crippen LogP contribution in [0.5, 0.6) is 0 Å². The molecule has 0 spiro atoms. The molecule has 0 saturated carbocycles. The van der Waals surface area contributed by atoms with Gasteiger partial charge in [-0.2, -0.15) is 0 Å². The standard InChI is InChI=1S/C58H84N16O14/c1-30(2)22-39(51(82)66-36(18-13-21-63-58(60)61)49(80)67-38(48(59)79)23-33-14-9-7-10-15-33)68-52(83)40(24-34-16-11-8-12-17-34)69-55(86)43(28-75)72-53(84)41(25-35-27-62-29-64-35)71-56(87)46(31(3)4)74-57(88)47(32(5)6)73-54(85)42(26-45(77)78)70-50(81)37-19-20-44(76)65-37/h7-12,14-17,27,29-32,35-43,46-47,75H,13,18-26,28H2,1-6H3,(H2,59,79)(H,65,76)(H,66,82)(H,67,80)(H,68,83)(H,69,86)(H,70,81)(H,71,87)(H,72,84)(H,73,85)(H,74,88)(H,77,78)(H4,60,61,63)/t35?,36-,37-,38-,39-,40-,41-,42-,43-,46-,47-/m0/s1. The number of primary amides is 1. The molecule has 0 aliphatic carbocycles. The van der Waals surface area contributed by atoms with Crippen molar-refractivity contribution in [1.29, 1.82) is 0 Å². The van der Waals surface area contributed by atoms with E-state index in [0.717, 1.165) is 0 Å². The second-order valence-corrected chi connectivity index (χ2v) is 22.6. The zero-order valence-electron chi connectivity index (χ0n) is 50.2. The maximum Gasteiger partial charge on any atom is 0.305 e. The SMILES string of the molecule is CC(C)C[C@H](NC(=O)[C@H](Cc1ccccc1)NC(=O)[C@H](CO)NC(=O)[C@H](CC1C=NC=N1)NC(=O)[C@@H](NC(=O)[C@@H](NC(=O)[C@H](CC(=O)O)NC(=O)[C@@H]1CCC(=O)N1)C(C)C)C(C)C)C(=O)N[C@@H](CCCN=C(N)N)C(=O)N[C@@H](Cc1ccccc1)C(N)=O. The van der Waals surface area contributed by atoms with E-state index >= 15 is 0 Å². The summed E-state index contributed by atoms with van der Waals surface area (Å²) in [5.41, 5.74) is 18.0. The van der Waals surface area contributed by atoms with Gasteiger partial charge < -0.3 is 80.6 Å². The Hall–Kier alpha value is -9.35. The predicted octanol–water partition coefficient (Wildman–Crippen LogP) is -3.65. The minimum absolute atomic E-state index is 0.0239. The van der Waals surface area contributed by atoms with Gasteiger partial charge in [0.1, 0.15) is 66.8 Å². The normalized spacial score (nSPS) is 17.3. The van der Waals surface area contributed by atoms with Crippen LogP contribution in [0.3, 0.4) is 0 Å². The van der Waals surface area contributed by atoms with Crippen LogP contribution in [0.4, 0.5) is 0 Å². The number of rotatable bonds is 36. The number of carboxylic acids is 1. The first kappa shape index (κ1) is 71.1. The van der Waals surface area contributed by atoms with Crippen molar-refractivity contribution in [3.8, 4) is 0 Å². The molecule has 2 heterocycles. The Morgan fingerprint density at radius 2 is 1.08 bits per heavy atom. The van der Waals surface area contributed by atoms with Crippen molar-refractivity contribution in [1.82, 2.24) is 53.2 Å². The second-order valence-electron chi connectivity index (χ2n) is 22.6. The molecule has 18 N–H and O–H groups in total. The number of guanidine groups is 1. The maximum atomic E-state index is 14.5. The zero-order chi connectivity index (χ0) is 65.2. The number of hydrogen-bond acceptors (Lipinski definition) is 16. The van der Waals surface area contributed by atoms with Gasteiger partial charge in [0.15, 0.2) is 5.96 Å². The maximum absolute atomic E-state index is 14.5. The fourth-order valence-electron chi connectivity index (χ4n) is 9.35. The van der Waals surface area contributed by atoms with Gasteiger partial charge in [-0.1, -0.05) is 102 Å². The summed E-state index contributed by atoms with van der Waals surface area (Å²) in [6.45, 7) is 8.88. The summed E-state index contributed by atoms with van der Waals surface area (Å²) in [6.07, 6.45) is 1.71. The summed E-state index contributed by atoms with van der Waals surface area (Å²) >= 11 is 0. The average Bonchev–Trinajstić information content (AvgIpc) is 2.59. The van der Waals surface area contributed by atoms with E-state index in [1.807, 2.05) is 0 Å². The second kappa shape index (κ2) is 35.3. The van der Waals surface area contributed by atoms with Crippen molar-refractivity contribution in [2.24, 2.45) is 49.9 Å². The highest BCUT2D eigenvalue weighted by Gasteiger charge is 2.38. The number of nitrogens with two attached hydrogens (primary N) is 3. The van der Waals surface area contributed by atoms with Crippen molar-refractivity contribution >= 4 is 89.5 Å². The van der Waals surface area contributed by atoms with Crippen molar-refractivity contribution in [2.45, 2.75) is 166 Å². The lowest BCUT2D eigenvalue weighted by molar-refractivity contribution is -0.141. The van der Waals surface area contributed by atoms with Gasteiger partial charge in [0.25, 0.3) is 0 Å². The lowest BCUT2D eigenvalue weighted by Gasteiger charge is -2.30. The minimum atomic E-state index is -1.78. The van der Waals surface area contributed by atoms with Crippen molar-refractivity contribution in [3.63, 3.8) is 0 Å². The molecule has 2 aromatic rings. The smallest absolute Gasteiger partial charge is 0.305 e. The average molecular weight is 1230 g/mol. The summed E-state index contributed by atoms with van der Waals surface area (Å²) in [6, 6.07) is 2.38. The number of amides is 11. The lowest BCUT2D eigenvalue weighted by Crippen LogP contribution is -2.62. The van der Waals surface area contributed by atoms with Crippen LogP contribution in [0.25, 0.3) is 0 Å². The molecule has 30 nitrogen and oxygen atoms in total. The van der Waals surface area contributed by atoms with Crippen molar-refractivity contribution < 1.29 is 67.7 Å². The van der Waals surface area contributed by atoms with Crippen LogP contribution in [0.1, 0.15) is 97.6 Å². The van der Waals surface area contributed by atoms with Gasteiger partial charge in [0.05, 0.1) is 19.1 Å². The Bertz CT molecular complexity index is 2860. The van der Waals surface area contributed by atoms with Crippen LogP contribution < -0.4 is 70.4 Å². The third kappa shape index (κ3) is 23.8. The molecule has 0 bridgehead atoms. The molecule has 2 aromatic carbocycles. The third-order valence-corrected chi connectivity index (χ3v) is 14.1. The molecular formula is C58H84N16O14. The van der Waals surface area contributed by atoms with E-state index in [2.05, 4.69) is 68.1 Å². The fourth-order valence-corrected chi connectivity index (χ4v) is 9.35. The van der Waals surface area contributed by atoms with Gasteiger partial charge in [-0.3, -0.25) is 67.5 Å². The molecule has 2 aliphatic rings. The first-order valence-electron chi connectivity index (χ1n) is 29.0. The number of aliphatic hydroxyl groups excluding tert-OH is 1. The van der Waals surface area contributed by atoms with E-state index in [4.69, 9.17) is 17.2 Å². The summed E-state index contributed by atoms with van der Waals surface area (Å²) in [7, 11) is 0. The molecule has 480 valence electrons. The van der Waals surface area contributed by atoms with E-state index in [0.29, 0.717) is 11.1 Å². The van der Waals surface area contributed by atoms with E-state index in [-0.39, 0.29) is 69.8 Å². The van der Waals surface area contributed by atoms with Crippen molar-refractivity contribution in [3.05, 3.63) is 71.8 Å². The number of nitrogens with one attached hydrogen (secondary N) is 10. The predicted molar refractivity (Wildman–Crippen MR) is 322 cm³/mol. The Labute approximate surface area is 509 Å². The Morgan fingerprint density at radius 1 is 0.602 bits per heavy atom. The number of aliphatic carboxylic acids is 1. The van der Waals surface area contributed by atoms with Crippen LogP contribution in [0.15, 0.2) is 75.6 Å². The zero-order valence-corrected chi connectivity index (χ0v) is 50.2. The first-order valence-corrected chi connectivity index (χ1v) is 29.0. The van der Waals surface area contributed by atoms with Gasteiger partial charge in [-0.25, -0.2) is 4.99 Å². The third-order valence-electron chi connectivity index (χ3n) is 14.1. The molecule has 0 aromatic heterocycles. The van der Waals surface area contributed by atoms with Gasteiger partial charge >= 0.3 is 5.97 Å². The molecular weight excluding hydrogens is 1140 g/mol. The number of aliphatic imine (C=N–C) groups is 3. The summed E-state index contributed by atoms with van der Waals surface area (Å²) in [5, 5.41) is 45.7. The number of carboxylic acid groups (broad SMARTS) is 1. The number of nitrogens with zero attached hydrogens (tertiary/aromatic N) is 3. The van der Waals surface area contributed by atoms with Gasteiger partial charge in [0.2, 0.25) is 65.0 Å². The Morgan fingerprint density at radius 3 is 1.59 bits per heavy atom. The number of carbonyl (C=O) groups excluding carboxylic acids is 11. The summed E-state index contributed by atoms with van der Waals surface area (Å²) in [5.74, 6) is -12.7. The number of carbonyl (C=O) groups is 12. The molecule has 1 saturated heterocycles. The van der Waals surface area contributed by atoms with Crippen LogP contribution in [0, 0.1) is 17.8 Å². The van der Waals surface area contributed by atoms with Crippen molar-refractivity contribution in [2.75, 3.05) is 13.2 Å². The van der Waals surface area contributed by atoms with Crippen LogP contribution in [-0.2, 0) is 70.4 Å². The van der Waals surface area contributed by atoms with E-state index in [1.54, 1.807) is 102 Å². The molecule has 2 aliphatic heterocycles. The fraction of sp³-hybridized carbons (Fsp3) is 0.534. The monoisotopic (exact) mass is 1230 g/mol. The van der Waals surface area contributed by atoms with Gasteiger partial charge in [-0.05, 0) is 54.6 Å². The minimum Gasteiger partial charge on any atom is -0.481 e. The Balaban J connectivity index is 1.55. The number of aliphatic hydroxyl groups is 1. The highest BCUT2D eigenvalue weighted by Crippen LogP contribution is 2.15. The van der Waals surface area contributed by atoms with Gasteiger partial charge in [0, 0.05) is 38.4 Å². The van der Waals surface area contributed by atoms with E-state index in [9.17, 15) is 67.7 Å². The molecule has 30 heteroatoms. The summed E-state index contributed by atoms with van der Waals surface area (Å²) < 4.78 is 0. The van der Waals surface area contributed by atoms with E-state index < -0.39 is 162 Å². The molecule has 1 fully saturated rings. The molecule has 0 radical (unpaired) electrons. The van der Waals surface area contributed by atoms with E-state index in [1.165, 1.54) is 12.6 Å². The first-order chi connectivity index (χ1) is 41.6. The summed E-state index contributed by atoms with van der Waals surface area (Å²) in [4.78, 5) is 174. The van der Waals surface area contributed by atoms with Crippen LogP contribution in [-0.4, -0.2) is 179 Å². The molecule has 11 amide bonds. The molecule has 11 atom stereocenters. The molecule has 4 rings (SSSR count). The quantitative estimate of drug-likeness (QED) is 0.0178. The number of hydrogen-bond donors (Lipinski definition) is 15. The topological polar surface area (TPSA) is 481 Å². The lowest BCUT2D eigenvalue weighted by atomic mass is 9.98. The highest BCUT2D eigenvalue weighted by molar-refractivity contribution is 6.00. The van der Waals surface area contributed by atoms with Crippen LogP contribution in [0.2, 0.25) is 0 Å².